The lowest BCUT2D eigenvalue weighted by Crippen LogP contribution is -2.40. The molecule has 1 saturated heterocycles. The Hall–Kier alpha value is -3.42. The largest absolute Gasteiger partial charge is 0.482 e. The average Bonchev–Trinajstić information content (AvgIpc) is 3.29. The lowest BCUT2D eigenvalue weighted by molar-refractivity contribution is -0.120. The summed E-state index contributed by atoms with van der Waals surface area (Å²) in [7, 11) is 0. The first kappa shape index (κ1) is 16.1. The van der Waals surface area contributed by atoms with Gasteiger partial charge in [-0.15, -0.1) is 0 Å². The summed E-state index contributed by atoms with van der Waals surface area (Å²) in [4.78, 5) is 32.1. The number of amides is 2. The highest BCUT2D eigenvalue weighted by Gasteiger charge is 2.27. The Morgan fingerprint density at radius 3 is 3.08 bits per heavy atom. The monoisotopic (exact) mass is 352 g/mol. The van der Waals surface area contributed by atoms with Crippen molar-refractivity contribution in [2.45, 2.75) is 19.1 Å². The van der Waals surface area contributed by atoms with Gasteiger partial charge in [-0.3, -0.25) is 14.6 Å². The standard InChI is InChI=1S/C18H16N4O4/c23-17-12(6-8-20-17)22-18(24)13-9-26-15(21-13)10-25-14-5-1-3-11-4-2-7-19-16(11)14/h1-5,7,9,12H,6,8,10H2,(H,20,23)(H,22,24)/t12-/m0/s1. The molecule has 0 bridgehead atoms. The number of ether oxygens (including phenoxy) is 1. The Morgan fingerprint density at radius 1 is 1.35 bits per heavy atom. The van der Waals surface area contributed by atoms with Gasteiger partial charge in [0, 0.05) is 18.1 Å². The van der Waals surface area contributed by atoms with Crippen LogP contribution < -0.4 is 15.4 Å². The summed E-state index contributed by atoms with van der Waals surface area (Å²) in [5.74, 6) is 0.233. The molecule has 1 fully saturated rings. The van der Waals surface area contributed by atoms with Crippen LogP contribution in [-0.4, -0.2) is 34.4 Å². The third kappa shape index (κ3) is 3.21. The summed E-state index contributed by atoms with van der Waals surface area (Å²) in [6.07, 6.45) is 3.51. The van der Waals surface area contributed by atoms with Crippen molar-refractivity contribution in [3.05, 3.63) is 54.4 Å². The van der Waals surface area contributed by atoms with E-state index in [2.05, 4.69) is 20.6 Å². The van der Waals surface area contributed by atoms with Crippen molar-refractivity contribution in [2.75, 3.05) is 6.54 Å². The van der Waals surface area contributed by atoms with Gasteiger partial charge < -0.3 is 19.8 Å². The number of fused-ring (bicyclic) bond motifs is 1. The minimum atomic E-state index is -0.527. The van der Waals surface area contributed by atoms with Crippen LogP contribution >= 0.6 is 0 Å². The fourth-order valence-electron chi connectivity index (χ4n) is 2.78. The van der Waals surface area contributed by atoms with Crippen molar-refractivity contribution in [1.29, 1.82) is 0 Å². The van der Waals surface area contributed by atoms with Gasteiger partial charge in [0.15, 0.2) is 12.3 Å². The van der Waals surface area contributed by atoms with E-state index in [4.69, 9.17) is 9.15 Å². The fraction of sp³-hybridized carbons (Fsp3) is 0.222. The molecule has 0 unspecified atom stereocenters. The van der Waals surface area contributed by atoms with Gasteiger partial charge in [-0.1, -0.05) is 18.2 Å². The van der Waals surface area contributed by atoms with Crippen molar-refractivity contribution in [3.8, 4) is 5.75 Å². The highest BCUT2D eigenvalue weighted by Crippen LogP contribution is 2.23. The van der Waals surface area contributed by atoms with Gasteiger partial charge >= 0.3 is 0 Å². The van der Waals surface area contributed by atoms with Crippen molar-refractivity contribution in [3.63, 3.8) is 0 Å². The van der Waals surface area contributed by atoms with E-state index in [1.165, 1.54) is 6.26 Å². The minimum Gasteiger partial charge on any atom is -0.482 e. The molecule has 0 radical (unpaired) electrons. The molecule has 1 atom stereocenters. The van der Waals surface area contributed by atoms with Gasteiger partial charge in [-0.2, -0.15) is 0 Å². The van der Waals surface area contributed by atoms with Gasteiger partial charge in [0.1, 0.15) is 23.6 Å². The second kappa shape index (κ2) is 6.83. The number of aromatic nitrogens is 2. The number of carbonyl (C=O) groups excluding carboxylic acids is 2. The van der Waals surface area contributed by atoms with Crippen LogP contribution in [0.1, 0.15) is 22.8 Å². The predicted octanol–water partition coefficient (Wildman–Crippen LogP) is 1.42. The zero-order chi connectivity index (χ0) is 17.9. The van der Waals surface area contributed by atoms with Crippen molar-refractivity contribution in [2.24, 2.45) is 0 Å². The molecule has 0 aliphatic carbocycles. The Labute approximate surface area is 148 Å². The Morgan fingerprint density at radius 2 is 2.23 bits per heavy atom. The van der Waals surface area contributed by atoms with Crippen molar-refractivity contribution >= 4 is 22.7 Å². The van der Waals surface area contributed by atoms with Gasteiger partial charge in [-0.05, 0) is 18.6 Å². The molecular weight excluding hydrogens is 336 g/mol. The molecule has 2 amide bonds. The van der Waals surface area contributed by atoms with Crippen molar-refractivity contribution in [1.82, 2.24) is 20.6 Å². The topological polar surface area (TPSA) is 106 Å². The molecule has 3 aromatic rings. The second-order valence-corrected chi connectivity index (χ2v) is 5.85. The number of pyridine rings is 1. The van der Waals surface area contributed by atoms with Crippen LogP contribution in [0.15, 0.2) is 47.2 Å². The van der Waals surface area contributed by atoms with E-state index in [0.717, 1.165) is 10.9 Å². The smallest absolute Gasteiger partial charge is 0.273 e. The number of oxazole rings is 1. The fourth-order valence-corrected chi connectivity index (χ4v) is 2.78. The van der Waals surface area contributed by atoms with Gasteiger partial charge in [0.25, 0.3) is 5.91 Å². The molecule has 8 heteroatoms. The molecule has 2 N–H and O–H groups in total. The molecule has 1 aromatic carbocycles. The Bertz CT molecular complexity index is 963. The number of benzene rings is 1. The second-order valence-electron chi connectivity index (χ2n) is 5.85. The molecule has 0 saturated carbocycles. The molecule has 1 aliphatic rings. The van der Waals surface area contributed by atoms with E-state index in [9.17, 15) is 9.59 Å². The van der Waals surface area contributed by atoms with E-state index in [1.807, 2.05) is 30.3 Å². The van der Waals surface area contributed by atoms with Crippen LogP contribution in [-0.2, 0) is 11.4 Å². The Kier molecular flexibility index (Phi) is 4.22. The molecule has 2 aromatic heterocycles. The summed E-state index contributed by atoms with van der Waals surface area (Å²) in [6, 6.07) is 8.91. The number of nitrogens with zero attached hydrogens (tertiary/aromatic N) is 2. The zero-order valence-electron chi connectivity index (χ0n) is 13.8. The molecule has 0 spiro atoms. The SMILES string of the molecule is O=C(N[C@H]1CCNC1=O)c1coc(COc2cccc3cccnc23)n1. The highest BCUT2D eigenvalue weighted by atomic mass is 16.5. The number of hydrogen-bond donors (Lipinski definition) is 2. The zero-order valence-corrected chi connectivity index (χ0v) is 13.8. The van der Waals surface area contributed by atoms with E-state index >= 15 is 0 Å². The summed E-state index contributed by atoms with van der Waals surface area (Å²) < 4.78 is 11.0. The maximum absolute atomic E-state index is 12.1. The number of rotatable bonds is 5. The first-order valence-corrected chi connectivity index (χ1v) is 8.20. The molecule has 4 rings (SSSR count). The predicted molar refractivity (Wildman–Crippen MR) is 91.5 cm³/mol. The third-order valence-electron chi connectivity index (χ3n) is 4.09. The van der Waals surface area contributed by atoms with Gasteiger partial charge in [0.2, 0.25) is 11.8 Å². The summed E-state index contributed by atoms with van der Waals surface area (Å²) in [5, 5.41) is 6.26. The summed E-state index contributed by atoms with van der Waals surface area (Å²) in [6.45, 7) is 0.619. The average molecular weight is 352 g/mol. The number of carbonyl (C=O) groups is 2. The molecule has 1 aliphatic heterocycles. The molecular formula is C18H16N4O4. The molecule has 132 valence electrons. The van der Waals surface area contributed by atoms with Crippen LogP contribution in [0.5, 0.6) is 5.75 Å². The van der Waals surface area contributed by atoms with E-state index in [0.29, 0.717) is 18.7 Å². The van der Waals surface area contributed by atoms with E-state index < -0.39 is 11.9 Å². The number of nitrogens with one attached hydrogen (secondary N) is 2. The quantitative estimate of drug-likeness (QED) is 0.719. The number of para-hydroxylation sites is 1. The lowest BCUT2D eigenvalue weighted by Gasteiger charge is -2.07. The lowest BCUT2D eigenvalue weighted by atomic mass is 10.2. The van der Waals surface area contributed by atoms with E-state index in [1.54, 1.807) is 6.20 Å². The maximum atomic E-state index is 12.1. The minimum absolute atomic E-state index is 0.0624. The number of hydrogen-bond acceptors (Lipinski definition) is 6. The summed E-state index contributed by atoms with van der Waals surface area (Å²) >= 11 is 0. The van der Waals surface area contributed by atoms with Gasteiger partial charge in [-0.25, -0.2) is 4.98 Å². The maximum Gasteiger partial charge on any atom is 0.273 e. The van der Waals surface area contributed by atoms with Crippen LogP contribution in [0.25, 0.3) is 10.9 Å². The normalized spacial score (nSPS) is 16.5. The first-order chi connectivity index (χ1) is 12.7. The van der Waals surface area contributed by atoms with Crippen LogP contribution in [0, 0.1) is 0 Å². The Balaban J connectivity index is 1.42. The highest BCUT2D eigenvalue weighted by molar-refractivity contribution is 5.96. The third-order valence-corrected chi connectivity index (χ3v) is 4.09. The molecule has 8 nitrogen and oxygen atoms in total. The van der Waals surface area contributed by atoms with E-state index in [-0.39, 0.29) is 24.1 Å². The van der Waals surface area contributed by atoms with Crippen LogP contribution in [0.2, 0.25) is 0 Å². The van der Waals surface area contributed by atoms with Crippen LogP contribution in [0.3, 0.4) is 0 Å². The van der Waals surface area contributed by atoms with Crippen LogP contribution in [0.4, 0.5) is 0 Å². The first-order valence-electron chi connectivity index (χ1n) is 8.20. The van der Waals surface area contributed by atoms with Gasteiger partial charge in [0.05, 0.1) is 0 Å². The molecule has 26 heavy (non-hydrogen) atoms. The van der Waals surface area contributed by atoms with Crippen molar-refractivity contribution < 1.29 is 18.7 Å². The summed E-state index contributed by atoms with van der Waals surface area (Å²) in [5.41, 5.74) is 0.853. The molecule has 3 heterocycles.